The van der Waals surface area contributed by atoms with Crippen molar-refractivity contribution < 1.29 is 29.4 Å². The Morgan fingerprint density at radius 2 is 1.64 bits per heavy atom. The van der Waals surface area contributed by atoms with Gasteiger partial charge in [0.15, 0.2) is 0 Å². The summed E-state index contributed by atoms with van der Waals surface area (Å²) in [6.07, 6.45) is 1.18. The first-order valence-corrected chi connectivity index (χ1v) is 8.23. The SMILES string of the molecule is O=C(Nc1ccc(C(O)(C(=O)O)N2C(=O)CCC2=O)cc1)Nc1ccccn1. The molecule has 0 spiro atoms. The third kappa shape index (κ3) is 3.53. The maximum absolute atomic E-state index is 12.0. The van der Waals surface area contributed by atoms with E-state index in [9.17, 15) is 29.4 Å². The number of nitrogens with one attached hydrogen (secondary N) is 2. The van der Waals surface area contributed by atoms with Crippen LogP contribution in [0.3, 0.4) is 0 Å². The molecule has 0 radical (unpaired) electrons. The summed E-state index contributed by atoms with van der Waals surface area (Å²) in [4.78, 5) is 51.8. The third-order valence-corrected chi connectivity index (χ3v) is 4.13. The van der Waals surface area contributed by atoms with Crippen molar-refractivity contribution in [2.75, 3.05) is 10.6 Å². The van der Waals surface area contributed by atoms with Crippen LogP contribution >= 0.6 is 0 Å². The van der Waals surface area contributed by atoms with Crippen LogP contribution in [0.4, 0.5) is 16.3 Å². The molecule has 10 heteroatoms. The minimum atomic E-state index is -2.82. The number of carboxylic acids is 1. The van der Waals surface area contributed by atoms with E-state index in [0.717, 1.165) is 0 Å². The first-order chi connectivity index (χ1) is 13.3. The summed E-state index contributed by atoms with van der Waals surface area (Å²) < 4.78 is 0. The van der Waals surface area contributed by atoms with E-state index < -0.39 is 29.5 Å². The predicted molar refractivity (Wildman–Crippen MR) is 95.9 cm³/mol. The first kappa shape index (κ1) is 19.0. The Labute approximate surface area is 158 Å². The molecule has 1 aliphatic rings. The zero-order valence-electron chi connectivity index (χ0n) is 14.5. The number of anilines is 2. The molecule has 2 aromatic rings. The molecule has 1 aliphatic heterocycles. The van der Waals surface area contributed by atoms with Gasteiger partial charge in [-0.3, -0.25) is 14.9 Å². The number of nitrogens with zero attached hydrogens (tertiary/aromatic N) is 2. The van der Waals surface area contributed by atoms with Crippen molar-refractivity contribution in [3.63, 3.8) is 0 Å². The highest BCUT2D eigenvalue weighted by Gasteiger charge is 2.52. The fourth-order valence-corrected chi connectivity index (χ4v) is 2.79. The number of aliphatic carboxylic acids is 1. The minimum absolute atomic E-state index is 0.165. The van der Waals surface area contributed by atoms with Gasteiger partial charge < -0.3 is 15.5 Å². The molecule has 2 heterocycles. The van der Waals surface area contributed by atoms with E-state index in [1.54, 1.807) is 18.2 Å². The Morgan fingerprint density at radius 3 is 2.18 bits per heavy atom. The number of amides is 4. The van der Waals surface area contributed by atoms with Crippen LogP contribution in [0.5, 0.6) is 0 Å². The van der Waals surface area contributed by atoms with Crippen molar-refractivity contribution in [1.82, 2.24) is 9.88 Å². The van der Waals surface area contributed by atoms with Gasteiger partial charge in [-0.1, -0.05) is 18.2 Å². The molecule has 4 N–H and O–H groups in total. The average Bonchev–Trinajstić information content (AvgIpc) is 3.01. The molecule has 1 aromatic carbocycles. The van der Waals surface area contributed by atoms with Gasteiger partial charge in [0.25, 0.3) is 5.72 Å². The molecule has 1 saturated heterocycles. The smallest absolute Gasteiger partial charge is 0.362 e. The quantitative estimate of drug-likeness (QED) is 0.564. The molecule has 28 heavy (non-hydrogen) atoms. The van der Waals surface area contributed by atoms with Crippen LogP contribution in [0, 0.1) is 0 Å². The normalized spacial score (nSPS) is 15.8. The highest BCUT2D eigenvalue weighted by atomic mass is 16.4. The molecule has 1 aromatic heterocycles. The number of hydrogen-bond donors (Lipinski definition) is 4. The third-order valence-electron chi connectivity index (χ3n) is 4.13. The number of aliphatic hydroxyl groups is 1. The summed E-state index contributed by atoms with van der Waals surface area (Å²) in [5.41, 5.74) is -2.72. The van der Waals surface area contributed by atoms with Crippen LogP contribution < -0.4 is 10.6 Å². The Kier molecular flexibility index (Phi) is 5.05. The van der Waals surface area contributed by atoms with Crippen molar-refractivity contribution in [1.29, 1.82) is 0 Å². The number of hydrogen-bond acceptors (Lipinski definition) is 6. The lowest BCUT2D eigenvalue weighted by atomic mass is 10.0. The van der Waals surface area contributed by atoms with Gasteiger partial charge in [-0.05, 0) is 24.3 Å². The van der Waals surface area contributed by atoms with Crippen molar-refractivity contribution >= 4 is 35.3 Å². The zero-order chi connectivity index (χ0) is 20.3. The molecule has 0 aliphatic carbocycles. The molecule has 0 bridgehead atoms. The molecular formula is C18H16N4O6. The van der Waals surface area contributed by atoms with Crippen LogP contribution in [-0.4, -0.2) is 43.9 Å². The van der Waals surface area contributed by atoms with E-state index in [0.29, 0.717) is 16.4 Å². The molecular weight excluding hydrogens is 368 g/mol. The lowest BCUT2D eigenvalue weighted by Crippen LogP contribution is -2.54. The second-order valence-electron chi connectivity index (χ2n) is 5.97. The number of pyridine rings is 1. The van der Waals surface area contributed by atoms with Gasteiger partial charge in [-0.25, -0.2) is 19.5 Å². The fourth-order valence-electron chi connectivity index (χ4n) is 2.79. The monoisotopic (exact) mass is 384 g/mol. The molecule has 3 rings (SSSR count). The first-order valence-electron chi connectivity index (χ1n) is 8.23. The fraction of sp³-hybridized carbons (Fsp3) is 0.167. The van der Waals surface area contributed by atoms with Crippen molar-refractivity contribution in [3.8, 4) is 0 Å². The van der Waals surface area contributed by atoms with E-state index in [4.69, 9.17) is 0 Å². The maximum atomic E-state index is 12.0. The zero-order valence-corrected chi connectivity index (χ0v) is 14.5. The van der Waals surface area contributed by atoms with Gasteiger partial charge in [0.05, 0.1) is 0 Å². The second kappa shape index (κ2) is 7.45. The lowest BCUT2D eigenvalue weighted by Gasteiger charge is -2.31. The summed E-state index contributed by atoms with van der Waals surface area (Å²) in [7, 11) is 0. The Morgan fingerprint density at radius 1 is 1.00 bits per heavy atom. The van der Waals surface area contributed by atoms with Crippen molar-refractivity contribution in [3.05, 3.63) is 54.2 Å². The van der Waals surface area contributed by atoms with E-state index in [-0.39, 0.29) is 18.4 Å². The molecule has 10 nitrogen and oxygen atoms in total. The van der Waals surface area contributed by atoms with Gasteiger partial charge in [-0.15, -0.1) is 0 Å². The summed E-state index contributed by atoms with van der Waals surface area (Å²) in [6.45, 7) is 0. The van der Waals surface area contributed by atoms with Crippen LogP contribution in [0.1, 0.15) is 18.4 Å². The summed E-state index contributed by atoms with van der Waals surface area (Å²) in [6, 6.07) is 9.52. The van der Waals surface area contributed by atoms with Crippen LogP contribution in [0.25, 0.3) is 0 Å². The van der Waals surface area contributed by atoms with Gasteiger partial charge in [0.2, 0.25) is 11.8 Å². The van der Waals surface area contributed by atoms with Crippen molar-refractivity contribution in [2.24, 2.45) is 0 Å². The second-order valence-corrected chi connectivity index (χ2v) is 5.97. The summed E-state index contributed by atoms with van der Waals surface area (Å²) in [5.74, 6) is -2.97. The minimum Gasteiger partial charge on any atom is -0.477 e. The van der Waals surface area contributed by atoms with Gasteiger partial charge in [-0.2, -0.15) is 0 Å². The van der Waals surface area contributed by atoms with Gasteiger partial charge >= 0.3 is 12.0 Å². The highest BCUT2D eigenvalue weighted by molar-refractivity contribution is 6.06. The topological polar surface area (TPSA) is 149 Å². The largest absolute Gasteiger partial charge is 0.477 e. The maximum Gasteiger partial charge on any atom is 0.362 e. The molecule has 1 atom stereocenters. The Hall–Kier alpha value is -3.79. The molecule has 1 fully saturated rings. The molecule has 0 saturated carbocycles. The number of likely N-dealkylation sites (tertiary alicyclic amines) is 1. The van der Waals surface area contributed by atoms with Crippen LogP contribution in [0.2, 0.25) is 0 Å². The predicted octanol–water partition coefficient (Wildman–Crippen LogP) is 1.10. The van der Waals surface area contributed by atoms with Crippen LogP contribution in [0.15, 0.2) is 48.7 Å². The number of imide groups is 1. The molecule has 1 unspecified atom stereocenters. The number of carboxylic acid groups (broad SMARTS) is 1. The Balaban J connectivity index is 1.78. The number of carbonyl (C=O) groups is 4. The molecule has 144 valence electrons. The van der Waals surface area contributed by atoms with E-state index in [1.807, 2.05) is 0 Å². The number of benzene rings is 1. The average molecular weight is 384 g/mol. The Bertz CT molecular complexity index is 915. The summed E-state index contributed by atoms with van der Waals surface area (Å²) >= 11 is 0. The highest BCUT2D eigenvalue weighted by Crippen LogP contribution is 2.32. The van der Waals surface area contributed by atoms with Gasteiger partial charge in [0.1, 0.15) is 5.82 Å². The van der Waals surface area contributed by atoms with E-state index in [1.165, 1.54) is 30.5 Å². The lowest BCUT2D eigenvalue weighted by molar-refractivity contribution is -0.192. The standard InChI is InChI=1S/C18H16N4O6/c23-14-8-9-15(24)22(14)18(28,16(25)26)11-4-6-12(7-5-11)20-17(27)21-13-3-1-2-10-19-13/h1-7,10,28H,8-9H2,(H,25,26)(H2,19,20,21,27). The number of urea groups is 1. The summed E-state index contributed by atoms with van der Waals surface area (Å²) in [5, 5.41) is 25.1. The molecule has 4 amide bonds. The van der Waals surface area contributed by atoms with E-state index in [2.05, 4.69) is 15.6 Å². The van der Waals surface area contributed by atoms with E-state index >= 15 is 0 Å². The number of carbonyl (C=O) groups excluding carboxylic acids is 3. The van der Waals surface area contributed by atoms with Crippen molar-refractivity contribution in [2.45, 2.75) is 18.6 Å². The van der Waals surface area contributed by atoms with Crippen LogP contribution in [-0.2, 0) is 20.1 Å². The van der Waals surface area contributed by atoms with Gasteiger partial charge in [0, 0.05) is 30.3 Å². The number of aromatic nitrogens is 1. The number of rotatable bonds is 5.